The van der Waals surface area contributed by atoms with Crippen LogP contribution in [0.5, 0.6) is 5.75 Å². The number of benzene rings is 1. The van der Waals surface area contributed by atoms with Crippen LogP contribution in [-0.2, 0) is 6.42 Å². The number of hydrogen-bond donors (Lipinski definition) is 2. The zero-order chi connectivity index (χ0) is 17.8. The molecule has 4 rings (SSSR count). The molecule has 0 spiro atoms. The second-order valence-electron chi connectivity index (χ2n) is 8.45. The summed E-state index contributed by atoms with van der Waals surface area (Å²) in [5, 5.41) is 31.0. The van der Waals surface area contributed by atoms with Gasteiger partial charge in [0.05, 0.1) is 25.7 Å². The molecule has 0 bridgehead atoms. The summed E-state index contributed by atoms with van der Waals surface area (Å²) in [6.45, 7) is 2.10. The van der Waals surface area contributed by atoms with Gasteiger partial charge in [0.15, 0.2) is 0 Å². The Morgan fingerprint density at radius 2 is 2.16 bits per heavy atom. The standard InChI is InChI=1S/C21H27NO3/c1-20-8-7-16-15-6-4-14(25-2)11-13(15)3-5-17(16)18(20)12-19(23)21(20,24)9-10-22/h4,6,11,16-19,23-24H,3,5,7-9,12H2,1-2H3/t16-,17-,18+,19-,20+,21+/m1/s1. The number of nitrogens with zero attached hydrogens (tertiary/aromatic N) is 1. The van der Waals surface area contributed by atoms with Gasteiger partial charge in [0.2, 0.25) is 0 Å². The van der Waals surface area contributed by atoms with Crippen molar-refractivity contribution >= 4 is 0 Å². The van der Waals surface area contributed by atoms with Gasteiger partial charge < -0.3 is 14.9 Å². The van der Waals surface area contributed by atoms with E-state index < -0.39 is 11.7 Å². The third-order valence-corrected chi connectivity index (χ3v) is 7.69. The number of nitriles is 1. The molecule has 0 unspecified atom stereocenters. The molecular formula is C21H27NO3. The predicted octanol–water partition coefficient (Wildman–Crippen LogP) is 3.17. The van der Waals surface area contributed by atoms with Crippen LogP contribution in [0, 0.1) is 28.6 Å². The van der Waals surface area contributed by atoms with Crippen molar-refractivity contribution in [3.8, 4) is 11.8 Å². The molecule has 2 saturated carbocycles. The Bertz CT molecular complexity index is 726. The Kier molecular flexibility index (Phi) is 3.86. The molecule has 4 heteroatoms. The fraction of sp³-hybridized carbons (Fsp3) is 0.667. The van der Waals surface area contributed by atoms with Crippen molar-refractivity contribution in [3.05, 3.63) is 29.3 Å². The maximum Gasteiger partial charge on any atom is 0.119 e. The van der Waals surface area contributed by atoms with Crippen LogP contribution in [0.2, 0.25) is 0 Å². The first-order valence-corrected chi connectivity index (χ1v) is 9.39. The summed E-state index contributed by atoms with van der Waals surface area (Å²) in [6.07, 6.45) is 3.82. The summed E-state index contributed by atoms with van der Waals surface area (Å²) >= 11 is 0. The number of aliphatic hydroxyl groups is 2. The molecule has 6 atom stereocenters. The lowest BCUT2D eigenvalue weighted by Gasteiger charge is -2.52. The second-order valence-corrected chi connectivity index (χ2v) is 8.45. The highest BCUT2D eigenvalue weighted by Crippen LogP contribution is 2.65. The molecule has 1 aromatic carbocycles. The van der Waals surface area contributed by atoms with Gasteiger partial charge >= 0.3 is 0 Å². The van der Waals surface area contributed by atoms with Crippen LogP contribution >= 0.6 is 0 Å². The van der Waals surface area contributed by atoms with Crippen LogP contribution in [0.15, 0.2) is 18.2 Å². The predicted molar refractivity (Wildman–Crippen MR) is 94.2 cm³/mol. The van der Waals surface area contributed by atoms with Gasteiger partial charge in [0, 0.05) is 5.41 Å². The Balaban J connectivity index is 1.69. The molecule has 2 fully saturated rings. The van der Waals surface area contributed by atoms with Crippen LogP contribution in [0.4, 0.5) is 0 Å². The first kappa shape index (κ1) is 16.9. The quantitative estimate of drug-likeness (QED) is 0.866. The van der Waals surface area contributed by atoms with Crippen molar-refractivity contribution in [2.24, 2.45) is 17.3 Å². The van der Waals surface area contributed by atoms with E-state index in [0.717, 1.165) is 31.4 Å². The summed E-state index contributed by atoms with van der Waals surface area (Å²) in [4.78, 5) is 0. The fourth-order valence-electron chi connectivity index (χ4n) is 6.23. The summed E-state index contributed by atoms with van der Waals surface area (Å²) in [5.74, 6) is 2.15. The highest BCUT2D eigenvalue weighted by atomic mass is 16.5. The van der Waals surface area contributed by atoms with E-state index in [-0.39, 0.29) is 17.8 Å². The molecule has 25 heavy (non-hydrogen) atoms. The zero-order valence-corrected chi connectivity index (χ0v) is 15.0. The molecule has 2 N–H and O–H groups in total. The normalized spacial score (nSPS) is 42.0. The molecule has 0 heterocycles. The first-order chi connectivity index (χ1) is 11.9. The van der Waals surface area contributed by atoms with Crippen LogP contribution < -0.4 is 4.74 Å². The van der Waals surface area contributed by atoms with Gasteiger partial charge in [0.1, 0.15) is 11.4 Å². The Hall–Kier alpha value is -1.57. The Morgan fingerprint density at radius 1 is 1.36 bits per heavy atom. The number of aryl methyl sites for hydroxylation is 1. The van der Waals surface area contributed by atoms with Crippen molar-refractivity contribution in [2.45, 2.75) is 63.1 Å². The summed E-state index contributed by atoms with van der Waals surface area (Å²) in [5.41, 5.74) is 1.17. The van der Waals surface area contributed by atoms with Gasteiger partial charge in [-0.2, -0.15) is 5.26 Å². The maximum atomic E-state index is 11.2. The molecule has 0 radical (unpaired) electrons. The fourth-order valence-corrected chi connectivity index (χ4v) is 6.23. The summed E-state index contributed by atoms with van der Waals surface area (Å²) in [6, 6.07) is 8.53. The molecule has 134 valence electrons. The molecule has 0 amide bonds. The maximum absolute atomic E-state index is 11.2. The number of ether oxygens (including phenoxy) is 1. The lowest BCUT2D eigenvalue weighted by Crippen LogP contribution is -2.53. The van der Waals surface area contributed by atoms with Crippen LogP contribution in [-0.4, -0.2) is 29.0 Å². The smallest absolute Gasteiger partial charge is 0.119 e. The Morgan fingerprint density at radius 3 is 2.88 bits per heavy atom. The molecule has 0 aliphatic heterocycles. The summed E-state index contributed by atoms with van der Waals surface area (Å²) in [7, 11) is 1.70. The zero-order valence-electron chi connectivity index (χ0n) is 15.0. The molecule has 3 aliphatic carbocycles. The van der Waals surface area contributed by atoms with Crippen LogP contribution in [0.25, 0.3) is 0 Å². The minimum absolute atomic E-state index is 0.0202. The van der Waals surface area contributed by atoms with E-state index in [9.17, 15) is 15.5 Å². The molecule has 3 aliphatic rings. The lowest BCUT2D eigenvalue weighted by atomic mass is 9.53. The minimum Gasteiger partial charge on any atom is -0.497 e. The topological polar surface area (TPSA) is 73.5 Å². The Labute approximate surface area is 149 Å². The van der Waals surface area contributed by atoms with Gasteiger partial charge in [-0.05, 0) is 73.1 Å². The van der Waals surface area contributed by atoms with E-state index in [4.69, 9.17) is 4.74 Å². The minimum atomic E-state index is -1.27. The molecule has 0 aromatic heterocycles. The summed E-state index contributed by atoms with van der Waals surface area (Å²) < 4.78 is 5.37. The van der Waals surface area contributed by atoms with E-state index in [0.29, 0.717) is 18.3 Å². The van der Waals surface area contributed by atoms with Crippen molar-refractivity contribution < 1.29 is 14.9 Å². The average molecular weight is 341 g/mol. The van der Waals surface area contributed by atoms with Crippen molar-refractivity contribution in [1.29, 1.82) is 5.26 Å². The highest BCUT2D eigenvalue weighted by molar-refractivity contribution is 5.41. The number of rotatable bonds is 2. The first-order valence-electron chi connectivity index (χ1n) is 9.39. The third-order valence-electron chi connectivity index (χ3n) is 7.69. The molecular weight excluding hydrogens is 314 g/mol. The molecule has 0 saturated heterocycles. The number of aliphatic hydroxyl groups excluding tert-OH is 1. The largest absolute Gasteiger partial charge is 0.497 e. The van der Waals surface area contributed by atoms with Crippen molar-refractivity contribution in [1.82, 2.24) is 0 Å². The lowest BCUT2D eigenvalue weighted by molar-refractivity contribution is -0.138. The monoisotopic (exact) mass is 341 g/mol. The highest BCUT2D eigenvalue weighted by Gasteiger charge is 2.65. The van der Waals surface area contributed by atoms with Gasteiger partial charge in [-0.1, -0.05) is 13.0 Å². The van der Waals surface area contributed by atoms with Crippen LogP contribution in [0.1, 0.15) is 56.1 Å². The van der Waals surface area contributed by atoms with E-state index in [1.807, 2.05) is 6.07 Å². The number of methoxy groups -OCH3 is 1. The number of fused-ring (bicyclic) bond motifs is 5. The molecule has 4 nitrogen and oxygen atoms in total. The third kappa shape index (κ3) is 2.19. The SMILES string of the molecule is COc1ccc2c(c1)CC[C@@H]1[C@@H]2CC[C@@]2(C)[C@H]1C[C@@H](O)[C@@]2(O)CC#N. The van der Waals surface area contributed by atoms with E-state index in [1.165, 1.54) is 11.1 Å². The van der Waals surface area contributed by atoms with E-state index in [2.05, 4.69) is 25.1 Å². The van der Waals surface area contributed by atoms with Crippen molar-refractivity contribution in [2.75, 3.05) is 7.11 Å². The van der Waals surface area contributed by atoms with E-state index >= 15 is 0 Å². The van der Waals surface area contributed by atoms with Crippen molar-refractivity contribution in [3.63, 3.8) is 0 Å². The van der Waals surface area contributed by atoms with Gasteiger partial charge in [-0.3, -0.25) is 0 Å². The van der Waals surface area contributed by atoms with Gasteiger partial charge in [0.25, 0.3) is 0 Å². The van der Waals surface area contributed by atoms with Crippen LogP contribution in [0.3, 0.4) is 0 Å². The number of hydrogen-bond acceptors (Lipinski definition) is 4. The van der Waals surface area contributed by atoms with Gasteiger partial charge in [-0.15, -0.1) is 0 Å². The second kappa shape index (κ2) is 5.72. The van der Waals surface area contributed by atoms with E-state index in [1.54, 1.807) is 7.11 Å². The average Bonchev–Trinajstić information content (AvgIpc) is 2.82. The van der Waals surface area contributed by atoms with Gasteiger partial charge in [-0.25, -0.2) is 0 Å². The molecule has 1 aromatic rings.